The lowest BCUT2D eigenvalue weighted by molar-refractivity contribution is 0.174. The monoisotopic (exact) mass is 364 g/mol. The molecular weight excluding hydrogens is 348 g/mol. The van der Waals surface area contributed by atoms with E-state index < -0.39 is 0 Å². The SMILES string of the molecule is CCCn1c(=O)[nH]c2cc(-c3noc(-c4ccc5c(c4)OCO5)n3)ccc21. The summed E-state index contributed by atoms with van der Waals surface area (Å²) in [5.74, 6) is 2.20. The number of fused-ring (bicyclic) bond motifs is 2. The molecule has 1 N–H and O–H groups in total. The van der Waals surface area contributed by atoms with Gasteiger partial charge in [-0.25, -0.2) is 4.79 Å². The van der Waals surface area contributed by atoms with Gasteiger partial charge in [0.15, 0.2) is 11.5 Å². The molecule has 2 aromatic heterocycles. The quantitative estimate of drug-likeness (QED) is 0.597. The average molecular weight is 364 g/mol. The lowest BCUT2D eigenvalue weighted by Gasteiger charge is -2.00. The molecule has 1 aliphatic heterocycles. The fourth-order valence-corrected chi connectivity index (χ4v) is 3.24. The fraction of sp³-hybridized carbons (Fsp3) is 0.211. The van der Waals surface area contributed by atoms with E-state index in [4.69, 9.17) is 14.0 Å². The third kappa shape index (κ3) is 2.57. The average Bonchev–Trinajstić information content (AvgIpc) is 3.40. The fourth-order valence-electron chi connectivity index (χ4n) is 3.24. The Morgan fingerprint density at radius 1 is 1.11 bits per heavy atom. The van der Waals surface area contributed by atoms with Crippen LogP contribution in [0.15, 0.2) is 45.7 Å². The van der Waals surface area contributed by atoms with Crippen LogP contribution in [-0.4, -0.2) is 26.5 Å². The molecule has 8 nitrogen and oxygen atoms in total. The second-order valence-electron chi connectivity index (χ2n) is 6.30. The number of rotatable bonds is 4. The van der Waals surface area contributed by atoms with Crippen LogP contribution < -0.4 is 15.2 Å². The summed E-state index contributed by atoms with van der Waals surface area (Å²) in [6, 6.07) is 11.1. The van der Waals surface area contributed by atoms with E-state index in [1.54, 1.807) is 4.57 Å². The smallest absolute Gasteiger partial charge is 0.326 e. The molecule has 3 heterocycles. The molecule has 0 amide bonds. The predicted octanol–water partition coefficient (Wildman–Crippen LogP) is 3.19. The van der Waals surface area contributed by atoms with Gasteiger partial charge in [-0.15, -0.1) is 0 Å². The molecule has 8 heteroatoms. The van der Waals surface area contributed by atoms with Gasteiger partial charge in [-0.1, -0.05) is 12.1 Å². The number of aromatic amines is 1. The Labute approximate surface area is 153 Å². The van der Waals surface area contributed by atoms with Gasteiger partial charge in [0.25, 0.3) is 5.89 Å². The highest BCUT2D eigenvalue weighted by Crippen LogP contribution is 2.35. The van der Waals surface area contributed by atoms with Crippen molar-refractivity contribution in [2.24, 2.45) is 0 Å². The summed E-state index contributed by atoms with van der Waals surface area (Å²) >= 11 is 0. The Balaban J connectivity index is 1.51. The molecule has 0 spiro atoms. The normalized spacial score (nSPS) is 12.8. The third-order valence-electron chi connectivity index (χ3n) is 4.53. The maximum absolute atomic E-state index is 12.1. The van der Waals surface area contributed by atoms with Gasteiger partial charge in [-0.3, -0.25) is 4.57 Å². The van der Waals surface area contributed by atoms with E-state index in [0.29, 0.717) is 29.8 Å². The Hall–Kier alpha value is -3.55. The Morgan fingerprint density at radius 2 is 1.96 bits per heavy atom. The number of ether oxygens (including phenoxy) is 2. The minimum absolute atomic E-state index is 0.113. The van der Waals surface area contributed by atoms with E-state index in [1.165, 1.54) is 0 Å². The van der Waals surface area contributed by atoms with Gasteiger partial charge in [0.05, 0.1) is 11.0 Å². The zero-order chi connectivity index (χ0) is 18.4. The van der Waals surface area contributed by atoms with Crippen molar-refractivity contribution in [1.82, 2.24) is 19.7 Å². The number of H-pyrrole nitrogens is 1. The van der Waals surface area contributed by atoms with Crippen LogP contribution in [0.5, 0.6) is 11.5 Å². The minimum Gasteiger partial charge on any atom is -0.454 e. The molecule has 0 saturated heterocycles. The summed E-state index contributed by atoms with van der Waals surface area (Å²) in [5.41, 5.74) is 3.02. The molecule has 27 heavy (non-hydrogen) atoms. The van der Waals surface area contributed by atoms with E-state index in [-0.39, 0.29) is 12.5 Å². The number of benzene rings is 2. The lowest BCUT2D eigenvalue weighted by Crippen LogP contribution is -2.16. The first-order valence-corrected chi connectivity index (χ1v) is 8.69. The van der Waals surface area contributed by atoms with Crippen LogP contribution in [0, 0.1) is 0 Å². The summed E-state index contributed by atoms with van der Waals surface area (Å²) in [6.07, 6.45) is 0.887. The highest BCUT2D eigenvalue weighted by molar-refractivity contribution is 5.80. The Morgan fingerprint density at radius 3 is 2.85 bits per heavy atom. The molecule has 0 unspecified atom stereocenters. The standard InChI is InChI=1S/C19H16N4O4/c1-2-7-23-14-5-3-11(8-13(14)20-19(23)24)17-21-18(27-22-17)12-4-6-15-16(9-12)26-10-25-15/h3-6,8-9H,2,7,10H2,1H3,(H,20,24). The lowest BCUT2D eigenvalue weighted by atomic mass is 10.2. The molecule has 0 atom stereocenters. The highest BCUT2D eigenvalue weighted by Gasteiger charge is 2.18. The largest absolute Gasteiger partial charge is 0.454 e. The van der Waals surface area contributed by atoms with Crippen molar-refractivity contribution in [3.05, 3.63) is 46.9 Å². The van der Waals surface area contributed by atoms with Gasteiger partial charge in [0.2, 0.25) is 12.6 Å². The van der Waals surface area contributed by atoms with Crippen LogP contribution >= 0.6 is 0 Å². The van der Waals surface area contributed by atoms with Crippen molar-refractivity contribution in [3.8, 4) is 34.3 Å². The van der Waals surface area contributed by atoms with Crippen LogP contribution in [0.2, 0.25) is 0 Å². The number of nitrogens with one attached hydrogen (secondary N) is 1. The highest BCUT2D eigenvalue weighted by atomic mass is 16.7. The van der Waals surface area contributed by atoms with Crippen molar-refractivity contribution >= 4 is 11.0 Å². The summed E-state index contributed by atoms with van der Waals surface area (Å²) in [7, 11) is 0. The van der Waals surface area contributed by atoms with Crippen LogP contribution in [0.1, 0.15) is 13.3 Å². The first kappa shape index (κ1) is 15.7. The van der Waals surface area contributed by atoms with Crippen LogP contribution in [-0.2, 0) is 6.54 Å². The third-order valence-corrected chi connectivity index (χ3v) is 4.53. The molecule has 0 radical (unpaired) electrons. The second-order valence-corrected chi connectivity index (χ2v) is 6.30. The molecule has 0 aliphatic carbocycles. The van der Waals surface area contributed by atoms with Crippen molar-refractivity contribution in [2.45, 2.75) is 19.9 Å². The Bertz CT molecular complexity index is 1200. The molecule has 4 aromatic rings. The summed E-state index contributed by atoms with van der Waals surface area (Å²) in [5, 5.41) is 4.07. The molecular formula is C19H16N4O4. The van der Waals surface area contributed by atoms with Crippen LogP contribution in [0.3, 0.4) is 0 Å². The van der Waals surface area contributed by atoms with E-state index in [2.05, 4.69) is 15.1 Å². The van der Waals surface area contributed by atoms with Gasteiger partial charge in [-0.05, 0) is 42.8 Å². The zero-order valence-electron chi connectivity index (χ0n) is 14.6. The van der Waals surface area contributed by atoms with Crippen molar-refractivity contribution in [1.29, 1.82) is 0 Å². The first-order valence-electron chi connectivity index (χ1n) is 8.69. The van der Waals surface area contributed by atoms with Gasteiger partial charge in [0.1, 0.15) is 0 Å². The molecule has 0 saturated carbocycles. The number of hydrogen-bond acceptors (Lipinski definition) is 6. The van der Waals surface area contributed by atoms with Crippen LogP contribution in [0.25, 0.3) is 33.9 Å². The molecule has 1 aliphatic rings. The summed E-state index contributed by atoms with van der Waals surface area (Å²) < 4.78 is 17.8. The molecule has 0 bridgehead atoms. The molecule has 5 rings (SSSR count). The van der Waals surface area contributed by atoms with Gasteiger partial charge in [-0.2, -0.15) is 4.98 Å². The minimum atomic E-state index is -0.113. The van der Waals surface area contributed by atoms with Gasteiger partial charge in [0, 0.05) is 17.7 Å². The summed E-state index contributed by atoms with van der Waals surface area (Å²) in [6.45, 7) is 2.93. The number of aromatic nitrogens is 4. The number of hydrogen-bond donors (Lipinski definition) is 1. The molecule has 0 fully saturated rings. The maximum atomic E-state index is 12.1. The van der Waals surface area contributed by atoms with E-state index in [9.17, 15) is 4.79 Å². The maximum Gasteiger partial charge on any atom is 0.326 e. The predicted molar refractivity (Wildman–Crippen MR) is 97.7 cm³/mol. The van der Waals surface area contributed by atoms with E-state index >= 15 is 0 Å². The molecule has 2 aromatic carbocycles. The van der Waals surface area contributed by atoms with Crippen molar-refractivity contribution in [3.63, 3.8) is 0 Å². The number of aryl methyl sites for hydroxylation is 1. The van der Waals surface area contributed by atoms with Crippen molar-refractivity contribution in [2.75, 3.05) is 6.79 Å². The van der Waals surface area contributed by atoms with Gasteiger partial charge >= 0.3 is 5.69 Å². The first-order chi connectivity index (χ1) is 13.2. The number of nitrogens with zero attached hydrogens (tertiary/aromatic N) is 3. The van der Waals surface area contributed by atoms with Crippen molar-refractivity contribution < 1.29 is 14.0 Å². The van der Waals surface area contributed by atoms with Gasteiger partial charge < -0.3 is 19.0 Å². The topological polar surface area (TPSA) is 95.2 Å². The second kappa shape index (κ2) is 6.01. The number of imidazole rings is 1. The summed E-state index contributed by atoms with van der Waals surface area (Å²) in [4.78, 5) is 19.4. The zero-order valence-corrected chi connectivity index (χ0v) is 14.6. The van der Waals surface area contributed by atoms with E-state index in [0.717, 1.165) is 28.6 Å². The molecule has 136 valence electrons. The Kier molecular flexibility index (Phi) is 3.49. The van der Waals surface area contributed by atoms with E-state index in [1.807, 2.05) is 43.3 Å². The van der Waals surface area contributed by atoms with Crippen LogP contribution in [0.4, 0.5) is 0 Å².